The molecule has 0 bridgehead atoms. The lowest BCUT2D eigenvalue weighted by atomic mass is 9.80. The maximum absolute atomic E-state index is 5.71. The summed E-state index contributed by atoms with van der Waals surface area (Å²) >= 11 is 0. The van der Waals surface area contributed by atoms with Gasteiger partial charge in [-0.15, -0.1) is 0 Å². The minimum atomic E-state index is 0. The zero-order valence-electron chi connectivity index (χ0n) is 78.1. The molecule has 0 amide bonds. The molecule has 8 rings (SSSR count). The Morgan fingerprint density at radius 2 is 0.972 bits per heavy atom. The molecule has 2 aromatic rings. The van der Waals surface area contributed by atoms with Crippen LogP contribution in [0.3, 0.4) is 0 Å². The van der Waals surface area contributed by atoms with Gasteiger partial charge in [-0.3, -0.25) is 29.6 Å². The van der Waals surface area contributed by atoms with Crippen molar-refractivity contribution in [1.82, 2.24) is 60.2 Å². The van der Waals surface area contributed by atoms with E-state index in [9.17, 15) is 0 Å². The molecule has 0 saturated carbocycles. The largest absolute Gasteiger partial charge is 0.379 e. The number of piperidine rings is 3. The highest BCUT2D eigenvalue weighted by atomic mass is 16.5. The molecule has 0 spiro atoms. The monoisotopic (exact) mass is 1540 g/mol. The molecule has 6 aliphatic rings. The zero-order valence-corrected chi connectivity index (χ0v) is 78.1. The summed E-state index contributed by atoms with van der Waals surface area (Å²) in [7, 11) is 2.24. The van der Waals surface area contributed by atoms with Gasteiger partial charge in [-0.2, -0.15) is 0 Å². The normalized spacial score (nSPS) is 21.6. The number of aryl methyl sites for hydroxylation is 1. The minimum Gasteiger partial charge on any atom is -0.379 e. The fourth-order valence-corrected chi connectivity index (χ4v) is 14.9. The van der Waals surface area contributed by atoms with E-state index in [1.165, 1.54) is 141 Å². The first-order valence-electron chi connectivity index (χ1n) is 43.7. The summed E-state index contributed by atoms with van der Waals surface area (Å²) in [6.07, 6.45) is 22.5. The van der Waals surface area contributed by atoms with E-state index in [0.717, 1.165) is 128 Å². The van der Waals surface area contributed by atoms with Gasteiger partial charge in [0.1, 0.15) is 0 Å². The molecule has 5 atom stereocenters. The second-order valence-corrected chi connectivity index (χ2v) is 42.9. The molecule has 644 valence electrons. The smallest absolute Gasteiger partial charge is 0.0678 e. The molecule has 3 N–H and O–H groups in total. The first kappa shape index (κ1) is 107. The molecule has 6 fully saturated rings. The number of likely N-dealkylation sites (tertiary alicyclic amines) is 3. The molecule has 0 unspecified atom stereocenters. The molecule has 15 heteroatoms. The third kappa shape index (κ3) is 60.9. The Morgan fingerprint density at radius 3 is 1.38 bits per heavy atom. The Bertz CT molecular complexity index is 2430. The number of rotatable bonds is 19. The van der Waals surface area contributed by atoms with E-state index in [-0.39, 0.29) is 29.6 Å². The van der Waals surface area contributed by atoms with Crippen molar-refractivity contribution < 1.29 is 14.2 Å². The first-order valence-corrected chi connectivity index (χ1v) is 43.7. The van der Waals surface area contributed by atoms with E-state index in [1.807, 2.05) is 25.5 Å². The lowest BCUT2D eigenvalue weighted by molar-refractivity contribution is -0.0697. The van der Waals surface area contributed by atoms with Crippen molar-refractivity contribution >= 4 is 0 Å². The highest BCUT2D eigenvalue weighted by Crippen LogP contribution is 2.32. The van der Waals surface area contributed by atoms with Crippen LogP contribution in [0.1, 0.15) is 310 Å². The van der Waals surface area contributed by atoms with Crippen LogP contribution in [0.4, 0.5) is 0 Å². The van der Waals surface area contributed by atoms with Crippen LogP contribution in [0.2, 0.25) is 0 Å². The molecule has 6 saturated heterocycles. The van der Waals surface area contributed by atoms with Crippen molar-refractivity contribution in [1.29, 1.82) is 0 Å². The fourth-order valence-electron chi connectivity index (χ4n) is 14.9. The van der Waals surface area contributed by atoms with Crippen LogP contribution < -0.4 is 16.0 Å². The Balaban J connectivity index is 0.00000122. The van der Waals surface area contributed by atoms with Gasteiger partial charge in [-0.1, -0.05) is 124 Å². The number of ether oxygens (including phenoxy) is 3. The Morgan fingerprint density at radius 1 is 0.486 bits per heavy atom. The van der Waals surface area contributed by atoms with Crippen molar-refractivity contribution in [3.05, 3.63) is 59.7 Å². The topological polar surface area (TPSA) is 112 Å². The Kier molecular flexibility index (Phi) is 52.1. The molecule has 8 heterocycles. The quantitative estimate of drug-likeness (QED) is 0.124. The SMILES string of the molecule is C.CC(C)(C)CC(C)(C)N1CCOCC1.CC(C)(C)CCCN1CCOCC1.CCN(Cc1ccncc1)C(C)(C)C.CN1CCCC[C@@H]1CNC(C)(C)C.C[C@@H]1CCCN(CCNC(C)(C)C)C1.C[C@@H]1CN(CCC(C)(C)C)C[C@H](C)O1.C[C@H]1CCCN(CCNC(C)(C)C)C1.Cc1ccc(CC(C)(C)C)cn1. The number of morpholine rings is 3. The fraction of sp³-hybridized carbons (Fsp3) is 0.894. The van der Waals surface area contributed by atoms with Gasteiger partial charge in [0.2, 0.25) is 0 Å². The van der Waals surface area contributed by atoms with Crippen LogP contribution in [0.5, 0.6) is 0 Å². The van der Waals surface area contributed by atoms with Crippen molar-refractivity contribution in [2.45, 2.75) is 359 Å². The Hall–Kier alpha value is -2.22. The number of hydrogen-bond donors (Lipinski definition) is 3. The van der Waals surface area contributed by atoms with Crippen LogP contribution >= 0.6 is 0 Å². The van der Waals surface area contributed by atoms with E-state index in [4.69, 9.17) is 14.2 Å². The van der Waals surface area contributed by atoms with Crippen LogP contribution in [0.15, 0.2) is 42.9 Å². The maximum atomic E-state index is 5.71. The van der Waals surface area contributed by atoms with Gasteiger partial charge in [0.05, 0.1) is 38.6 Å². The standard InChI is InChI=1S/2C12H26N2.C12H20N2.2C12H25NO.C11H24N2.C11H23NO.C11H17N.CH4/c2*1-11-6-5-8-14(10-11)9-7-13-12(2,3)4;1-5-14(12(2,3)4)10-11-6-8-13-9-7-11;1-11(2,3)10-12(4,5)13-6-8-14-9-7-13;1-10-8-13(9-11(2)14-10)7-6-12(3,4)5;1-11(2,3)12-9-10-7-5-6-8-13(10)4;1-11(2,3)5-4-6-12-7-9-13-10-8-12;1-9-5-6-10(8-12-9)7-11(2,3)4;/h2*11,13H,5-10H2,1-4H3;6-9H,5,10H2,1-4H3;6-10H2,1-5H3;10-11H,6-9H2,1-5H3;10,12H,5-9H2,1-4H3;4-10H2,1-3H3;5-6,8H,7H2,1-4H3;1H4/t2*11-;;;10-,11+;10-;;;/m10...1.../s1. The zero-order chi connectivity index (χ0) is 82.2. The number of pyridine rings is 2. The van der Waals surface area contributed by atoms with Crippen molar-refractivity contribution in [3.8, 4) is 0 Å². The molecule has 0 radical (unpaired) electrons. The molecular formula is C94H190N12O3. The summed E-state index contributed by atoms with van der Waals surface area (Å²) in [4.78, 5) is 26.0. The van der Waals surface area contributed by atoms with Gasteiger partial charge >= 0.3 is 0 Å². The summed E-state index contributed by atoms with van der Waals surface area (Å²) in [5.41, 5.74) is 6.79. The molecule has 15 nitrogen and oxygen atoms in total. The predicted octanol–water partition coefficient (Wildman–Crippen LogP) is 19.6. The Labute approximate surface area is 680 Å². The molecular weight excluding hydrogens is 1350 g/mol. The minimum absolute atomic E-state index is 0. The molecule has 0 aliphatic carbocycles. The van der Waals surface area contributed by atoms with Gasteiger partial charge < -0.3 is 44.9 Å². The average molecular weight is 1540 g/mol. The molecule has 6 aliphatic heterocycles. The molecule has 109 heavy (non-hydrogen) atoms. The predicted molar refractivity (Wildman–Crippen MR) is 479 cm³/mol. The average Bonchev–Trinajstić information content (AvgIpc) is 0.832. The van der Waals surface area contributed by atoms with Gasteiger partial charge in [-0.05, 0) is 297 Å². The van der Waals surface area contributed by atoms with Gasteiger partial charge in [0.25, 0.3) is 0 Å². The van der Waals surface area contributed by atoms with E-state index >= 15 is 0 Å². The number of aromatic nitrogens is 2. The van der Waals surface area contributed by atoms with Crippen LogP contribution in [-0.2, 0) is 27.2 Å². The van der Waals surface area contributed by atoms with E-state index in [2.05, 4.69) is 306 Å². The highest BCUT2D eigenvalue weighted by Gasteiger charge is 2.33. The summed E-state index contributed by atoms with van der Waals surface area (Å²) in [6, 6.07) is 9.14. The second-order valence-electron chi connectivity index (χ2n) is 42.9. The molecule has 2 aromatic heterocycles. The molecule has 0 aromatic carbocycles. The van der Waals surface area contributed by atoms with E-state index in [0.29, 0.717) is 39.4 Å². The maximum Gasteiger partial charge on any atom is 0.0678 e. The van der Waals surface area contributed by atoms with E-state index < -0.39 is 0 Å². The van der Waals surface area contributed by atoms with E-state index in [1.54, 1.807) is 0 Å². The van der Waals surface area contributed by atoms with Gasteiger partial charge in [0.15, 0.2) is 0 Å². The number of nitrogens with one attached hydrogen (secondary N) is 3. The third-order valence-corrected chi connectivity index (χ3v) is 20.6. The van der Waals surface area contributed by atoms with Crippen LogP contribution in [-0.4, -0.2) is 248 Å². The lowest BCUT2D eigenvalue weighted by Crippen LogP contribution is -2.51. The van der Waals surface area contributed by atoms with Crippen molar-refractivity contribution in [2.24, 2.45) is 33.5 Å². The lowest BCUT2D eigenvalue weighted by Gasteiger charge is -2.44. The third-order valence-electron chi connectivity index (χ3n) is 20.6. The van der Waals surface area contributed by atoms with Crippen LogP contribution in [0.25, 0.3) is 0 Å². The summed E-state index contributed by atoms with van der Waals surface area (Å²) in [5.74, 6) is 1.80. The van der Waals surface area contributed by atoms with Crippen molar-refractivity contribution in [3.63, 3.8) is 0 Å². The summed E-state index contributed by atoms with van der Waals surface area (Å²) in [5, 5.41) is 10.7. The second kappa shape index (κ2) is 53.2. The van der Waals surface area contributed by atoms with Crippen LogP contribution in [0, 0.1) is 40.4 Å². The number of likely N-dealkylation sites (N-methyl/N-ethyl adjacent to an activating group) is 1. The number of hydrogen-bond acceptors (Lipinski definition) is 15. The number of nitrogens with zero attached hydrogens (tertiary/aromatic N) is 9. The summed E-state index contributed by atoms with van der Waals surface area (Å²) in [6.45, 7) is 99.4. The van der Waals surface area contributed by atoms with Gasteiger partial charge in [0, 0.05) is 150 Å². The summed E-state index contributed by atoms with van der Waals surface area (Å²) < 4.78 is 16.4. The van der Waals surface area contributed by atoms with Crippen molar-refractivity contribution in [2.75, 3.05) is 158 Å². The van der Waals surface area contributed by atoms with Gasteiger partial charge in [-0.25, -0.2) is 0 Å². The first-order chi connectivity index (χ1) is 49.7. The highest BCUT2D eigenvalue weighted by molar-refractivity contribution is 5.14.